The van der Waals surface area contributed by atoms with Gasteiger partial charge in [-0.15, -0.1) is 0 Å². The lowest BCUT2D eigenvalue weighted by Gasteiger charge is -2.42. The lowest BCUT2D eigenvalue weighted by Crippen LogP contribution is -2.55. The number of likely N-dealkylation sites (N-methyl/N-ethyl adjacent to an activating group) is 1. The molecule has 0 unspecified atom stereocenters. The van der Waals surface area contributed by atoms with Crippen LogP contribution in [-0.4, -0.2) is 67.8 Å². The Kier molecular flexibility index (Phi) is 4.83. The van der Waals surface area contributed by atoms with Gasteiger partial charge in [0.2, 0.25) is 5.91 Å². The molecule has 2 fully saturated rings. The van der Waals surface area contributed by atoms with E-state index in [1.807, 2.05) is 43.3 Å². The average molecular weight is 332 g/mol. The lowest BCUT2D eigenvalue weighted by atomic mass is 9.88. The van der Waals surface area contributed by atoms with E-state index in [0.717, 1.165) is 37.1 Å². The fourth-order valence-electron chi connectivity index (χ4n) is 3.93. The minimum Gasteiger partial charge on any atom is -0.497 e. The highest BCUT2D eigenvalue weighted by molar-refractivity contribution is 5.91. The molecule has 5 nitrogen and oxygen atoms in total. The van der Waals surface area contributed by atoms with E-state index in [4.69, 9.17) is 4.74 Å². The molecule has 2 aliphatic rings. The molecule has 1 N–H and O–H groups in total. The van der Waals surface area contributed by atoms with E-state index in [-0.39, 0.29) is 29.9 Å². The summed E-state index contributed by atoms with van der Waals surface area (Å²) in [5.41, 5.74) is 0.758. The van der Waals surface area contributed by atoms with E-state index < -0.39 is 0 Å². The van der Waals surface area contributed by atoms with Crippen molar-refractivity contribution in [2.45, 2.75) is 30.7 Å². The van der Waals surface area contributed by atoms with Gasteiger partial charge in [0.25, 0.3) is 0 Å². The van der Waals surface area contributed by atoms with Crippen LogP contribution in [0.4, 0.5) is 0 Å². The molecule has 0 aromatic heterocycles. The van der Waals surface area contributed by atoms with Crippen LogP contribution < -0.4 is 4.74 Å². The highest BCUT2D eigenvalue weighted by Crippen LogP contribution is 2.50. The zero-order valence-corrected chi connectivity index (χ0v) is 14.9. The quantitative estimate of drug-likeness (QED) is 0.888. The lowest BCUT2D eigenvalue weighted by molar-refractivity contribution is -0.137. The summed E-state index contributed by atoms with van der Waals surface area (Å²) in [6.07, 6.45) is 2.71. The van der Waals surface area contributed by atoms with Crippen molar-refractivity contribution >= 4 is 5.91 Å². The molecule has 0 bridgehead atoms. The number of ether oxygens (including phenoxy) is 1. The first-order valence-corrected chi connectivity index (χ1v) is 8.73. The first kappa shape index (κ1) is 17.2. The highest BCUT2D eigenvalue weighted by atomic mass is 16.5. The number of aliphatic hydroxyl groups is 1. The number of carbonyl (C=O) groups is 1. The van der Waals surface area contributed by atoms with Gasteiger partial charge in [-0.1, -0.05) is 12.1 Å². The van der Waals surface area contributed by atoms with E-state index in [2.05, 4.69) is 4.90 Å². The number of rotatable bonds is 5. The van der Waals surface area contributed by atoms with Gasteiger partial charge in [0.15, 0.2) is 0 Å². The monoisotopic (exact) mass is 332 g/mol. The third kappa shape index (κ3) is 3.03. The Labute approximate surface area is 144 Å². The van der Waals surface area contributed by atoms with Crippen molar-refractivity contribution in [2.75, 3.05) is 40.9 Å². The van der Waals surface area contributed by atoms with E-state index in [0.29, 0.717) is 6.54 Å². The normalized spacial score (nSPS) is 25.6. The molecule has 5 heteroatoms. The van der Waals surface area contributed by atoms with Crippen molar-refractivity contribution in [1.82, 2.24) is 9.80 Å². The summed E-state index contributed by atoms with van der Waals surface area (Å²) < 4.78 is 5.22. The largest absolute Gasteiger partial charge is 0.497 e. The minimum absolute atomic E-state index is 0.189. The molecule has 1 amide bonds. The van der Waals surface area contributed by atoms with Gasteiger partial charge < -0.3 is 19.6 Å². The molecule has 1 saturated heterocycles. The van der Waals surface area contributed by atoms with Crippen molar-refractivity contribution in [3.63, 3.8) is 0 Å². The van der Waals surface area contributed by atoms with Crippen LogP contribution in [0.5, 0.6) is 5.75 Å². The van der Waals surface area contributed by atoms with Gasteiger partial charge >= 0.3 is 0 Å². The van der Waals surface area contributed by atoms with Gasteiger partial charge in [0, 0.05) is 31.7 Å². The zero-order chi connectivity index (χ0) is 17.3. The Morgan fingerprint density at radius 2 is 2.00 bits per heavy atom. The van der Waals surface area contributed by atoms with Crippen LogP contribution in [0.1, 0.15) is 24.8 Å². The Morgan fingerprint density at radius 3 is 2.50 bits per heavy atom. The van der Waals surface area contributed by atoms with Gasteiger partial charge in [0.05, 0.1) is 12.5 Å². The number of likely N-dealkylation sites (tertiary alicyclic amines) is 1. The molecule has 1 saturated carbocycles. The molecule has 0 radical (unpaired) electrons. The molecular weight excluding hydrogens is 304 g/mol. The zero-order valence-electron chi connectivity index (χ0n) is 14.9. The summed E-state index contributed by atoms with van der Waals surface area (Å²) in [6, 6.07) is 8.13. The summed E-state index contributed by atoms with van der Waals surface area (Å²) in [6.45, 7) is 1.63. The summed E-state index contributed by atoms with van der Waals surface area (Å²) in [5.74, 6) is 1.31. The molecule has 2 atom stereocenters. The third-order valence-corrected chi connectivity index (χ3v) is 5.71. The molecule has 1 aromatic rings. The summed E-state index contributed by atoms with van der Waals surface area (Å²) in [4.78, 5) is 17.4. The molecule has 132 valence electrons. The Balaban J connectivity index is 1.75. The third-order valence-electron chi connectivity index (χ3n) is 5.71. The first-order valence-electron chi connectivity index (χ1n) is 8.73. The molecule has 3 rings (SSSR count). The standard InChI is InChI=1S/C19H28N2O3/c1-20(2)17-12-21(11-8-14(17)13-22)18(23)19(9-10-19)15-4-6-16(24-3)7-5-15/h4-7,14,17,22H,8-13H2,1-3H3/t14-,17-/m1/s1. The van der Waals surface area contributed by atoms with Crippen LogP contribution in [-0.2, 0) is 10.2 Å². The topological polar surface area (TPSA) is 53.0 Å². The van der Waals surface area contributed by atoms with E-state index in [9.17, 15) is 9.90 Å². The van der Waals surface area contributed by atoms with Crippen LogP contribution in [0.3, 0.4) is 0 Å². The molecule has 1 aliphatic carbocycles. The van der Waals surface area contributed by atoms with Gasteiger partial charge in [0.1, 0.15) is 5.75 Å². The maximum Gasteiger partial charge on any atom is 0.233 e. The predicted octanol–water partition coefficient (Wildman–Crippen LogP) is 1.50. The maximum atomic E-state index is 13.2. The summed E-state index contributed by atoms with van der Waals surface area (Å²) in [7, 11) is 5.70. The van der Waals surface area contributed by atoms with Crippen molar-refractivity contribution in [1.29, 1.82) is 0 Å². The van der Waals surface area contributed by atoms with E-state index in [1.165, 1.54) is 0 Å². The number of benzene rings is 1. The summed E-state index contributed by atoms with van der Waals surface area (Å²) >= 11 is 0. The van der Waals surface area contributed by atoms with Gasteiger partial charge in [-0.05, 0) is 51.1 Å². The first-order chi connectivity index (χ1) is 11.5. The second-order valence-electron chi connectivity index (χ2n) is 7.32. The number of aliphatic hydroxyl groups excluding tert-OH is 1. The molecule has 24 heavy (non-hydrogen) atoms. The van der Waals surface area contributed by atoms with Gasteiger partial charge in [-0.3, -0.25) is 4.79 Å². The van der Waals surface area contributed by atoms with Gasteiger partial charge in [-0.25, -0.2) is 0 Å². The van der Waals surface area contributed by atoms with Gasteiger partial charge in [-0.2, -0.15) is 0 Å². The SMILES string of the molecule is COc1ccc(C2(C(=O)N3CC[C@H](CO)[C@H](N(C)C)C3)CC2)cc1. The number of carbonyl (C=O) groups excluding carboxylic acids is 1. The number of piperidine rings is 1. The van der Waals surface area contributed by atoms with Crippen LogP contribution in [0.15, 0.2) is 24.3 Å². The summed E-state index contributed by atoms with van der Waals surface area (Å²) in [5, 5.41) is 9.59. The number of amides is 1. The van der Waals surface area contributed by atoms with Crippen LogP contribution in [0.2, 0.25) is 0 Å². The number of methoxy groups -OCH3 is 1. The maximum absolute atomic E-state index is 13.2. The predicted molar refractivity (Wildman–Crippen MR) is 93.2 cm³/mol. The number of nitrogens with zero attached hydrogens (tertiary/aromatic N) is 2. The molecular formula is C19H28N2O3. The molecule has 1 heterocycles. The smallest absolute Gasteiger partial charge is 0.233 e. The number of hydrogen-bond acceptors (Lipinski definition) is 4. The molecule has 1 aromatic carbocycles. The second-order valence-corrected chi connectivity index (χ2v) is 7.32. The van der Waals surface area contributed by atoms with Crippen LogP contribution >= 0.6 is 0 Å². The fraction of sp³-hybridized carbons (Fsp3) is 0.632. The minimum atomic E-state index is -0.338. The average Bonchev–Trinajstić information content (AvgIpc) is 3.42. The van der Waals surface area contributed by atoms with Crippen LogP contribution in [0, 0.1) is 5.92 Å². The fourth-order valence-corrected chi connectivity index (χ4v) is 3.93. The second kappa shape index (κ2) is 6.73. The van der Waals surface area contributed by atoms with Crippen molar-refractivity contribution in [3.05, 3.63) is 29.8 Å². The Bertz CT molecular complexity index is 581. The molecule has 0 spiro atoms. The molecule has 1 aliphatic heterocycles. The number of hydrogen-bond donors (Lipinski definition) is 1. The Hall–Kier alpha value is -1.59. The van der Waals surface area contributed by atoms with Crippen LogP contribution in [0.25, 0.3) is 0 Å². The van der Waals surface area contributed by atoms with Crippen molar-refractivity contribution in [3.8, 4) is 5.75 Å². The van der Waals surface area contributed by atoms with Crippen molar-refractivity contribution < 1.29 is 14.6 Å². The Morgan fingerprint density at radius 1 is 1.33 bits per heavy atom. The highest BCUT2D eigenvalue weighted by Gasteiger charge is 2.53. The van der Waals surface area contributed by atoms with E-state index >= 15 is 0 Å². The van der Waals surface area contributed by atoms with E-state index in [1.54, 1.807) is 7.11 Å². The van der Waals surface area contributed by atoms with Crippen molar-refractivity contribution in [2.24, 2.45) is 5.92 Å².